The van der Waals surface area contributed by atoms with Crippen LogP contribution in [0.4, 0.5) is 0 Å². The molecule has 2 aliphatic heterocycles. The van der Waals surface area contributed by atoms with Gasteiger partial charge in [-0.05, 0) is 38.4 Å². The number of likely N-dealkylation sites (N-methyl/N-ethyl adjacent to an activating group) is 1. The van der Waals surface area contributed by atoms with Crippen LogP contribution in [0, 0.1) is 0 Å². The van der Waals surface area contributed by atoms with E-state index in [0.29, 0.717) is 12.1 Å². The van der Waals surface area contributed by atoms with Crippen molar-refractivity contribution in [1.29, 1.82) is 0 Å². The lowest BCUT2D eigenvalue weighted by Crippen LogP contribution is -2.51. The van der Waals surface area contributed by atoms with Crippen molar-refractivity contribution in [2.24, 2.45) is 0 Å². The van der Waals surface area contributed by atoms with Gasteiger partial charge in [0.05, 0.1) is 25.9 Å². The molecule has 2 heterocycles. The van der Waals surface area contributed by atoms with Crippen molar-refractivity contribution >= 4 is 0 Å². The summed E-state index contributed by atoms with van der Waals surface area (Å²) in [6, 6.07) is 11.1. The average Bonchev–Trinajstić information content (AvgIpc) is 2.45. The number of benzene rings is 1. The van der Waals surface area contributed by atoms with Crippen molar-refractivity contribution < 1.29 is 9.47 Å². The van der Waals surface area contributed by atoms with E-state index in [2.05, 4.69) is 18.0 Å². The van der Waals surface area contributed by atoms with Gasteiger partial charge in [-0.15, -0.1) is 0 Å². The topological polar surface area (TPSA) is 21.7 Å². The third-order valence-electron chi connectivity index (χ3n) is 4.28. The summed E-state index contributed by atoms with van der Waals surface area (Å²) in [6.07, 6.45) is 5.79. The Hall–Kier alpha value is -1.32. The molecule has 3 heteroatoms. The largest absolute Gasteiger partial charge is 0.494 e. The molecule has 3 nitrogen and oxygen atoms in total. The van der Waals surface area contributed by atoms with E-state index in [-0.39, 0.29) is 0 Å². The molecule has 2 unspecified atom stereocenters. The van der Waals surface area contributed by atoms with Crippen LogP contribution < -0.4 is 4.74 Å². The molecule has 3 rings (SSSR count). The molecule has 1 aromatic carbocycles. The van der Waals surface area contributed by atoms with E-state index in [1.807, 2.05) is 30.3 Å². The smallest absolute Gasteiger partial charge is 0.119 e. The lowest BCUT2D eigenvalue weighted by atomic mass is 9.92. The van der Waals surface area contributed by atoms with E-state index < -0.39 is 0 Å². The first kappa shape index (κ1) is 13.7. The van der Waals surface area contributed by atoms with Gasteiger partial charge in [-0.2, -0.15) is 0 Å². The van der Waals surface area contributed by atoms with Crippen LogP contribution in [-0.4, -0.2) is 43.9 Å². The molecular formula is C17H23NO2. The standard InChI is InChI=1S/C17H23NO2/c1-18-15-10-14(11-16(18)13-19-12-15)6-5-9-20-17-7-3-2-4-8-17/h2-4,7-8,10,15-16H,5-6,9,11-13H2,1H3. The molecule has 0 N–H and O–H groups in total. The fraction of sp³-hybridized carbons (Fsp3) is 0.529. The molecular weight excluding hydrogens is 250 g/mol. The lowest BCUT2D eigenvalue weighted by Gasteiger charge is -2.42. The van der Waals surface area contributed by atoms with Crippen molar-refractivity contribution in [1.82, 2.24) is 4.90 Å². The Labute approximate surface area is 121 Å². The minimum atomic E-state index is 0.479. The Kier molecular flexibility index (Phi) is 4.38. The monoisotopic (exact) mass is 273 g/mol. The Morgan fingerprint density at radius 2 is 2.10 bits per heavy atom. The van der Waals surface area contributed by atoms with Gasteiger partial charge in [-0.3, -0.25) is 4.90 Å². The van der Waals surface area contributed by atoms with Crippen molar-refractivity contribution in [2.45, 2.75) is 31.3 Å². The molecule has 0 amide bonds. The maximum absolute atomic E-state index is 5.75. The lowest BCUT2D eigenvalue weighted by molar-refractivity contribution is -0.0262. The number of ether oxygens (including phenoxy) is 2. The summed E-state index contributed by atoms with van der Waals surface area (Å²) in [6.45, 7) is 2.52. The molecule has 1 fully saturated rings. The van der Waals surface area contributed by atoms with Crippen molar-refractivity contribution in [3.63, 3.8) is 0 Å². The number of fused-ring (bicyclic) bond motifs is 2. The van der Waals surface area contributed by atoms with E-state index >= 15 is 0 Å². The predicted octanol–water partition coefficient (Wildman–Crippen LogP) is 2.87. The van der Waals surface area contributed by atoms with E-state index in [4.69, 9.17) is 9.47 Å². The summed E-state index contributed by atoms with van der Waals surface area (Å²) in [5.74, 6) is 0.968. The minimum Gasteiger partial charge on any atom is -0.494 e. The molecule has 0 radical (unpaired) electrons. The van der Waals surface area contributed by atoms with Crippen LogP contribution in [-0.2, 0) is 4.74 Å². The second-order valence-corrected chi connectivity index (χ2v) is 5.72. The van der Waals surface area contributed by atoms with Crippen LogP contribution in [0.3, 0.4) is 0 Å². The zero-order valence-electron chi connectivity index (χ0n) is 12.1. The van der Waals surface area contributed by atoms with Crippen LogP contribution in [0.1, 0.15) is 19.3 Å². The number of para-hydroxylation sites is 1. The highest BCUT2D eigenvalue weighted by Crippen LogP contribution is 2.27. The van der Waals surface area contributed by atoms with E-state index in [1.165, 1.54) is 0 Å². The van der Waals surface area contributed by atoms with Crippen molar-refractivity contribution in [3.05, 3.63) is 42.0 Å². The summed E-state index contributed by atoms with van der Waals surface area (Å²) >= 11 is 0. The molecule has 0 aliphatic carbocycles. The zero-order chi connectivity index (χ0) is 13.8. The highest BCUT2D eigenvalue weighted by Gasteiger charge is 2.31. The van der Waals surface area contributed by atoms with Gasteiger partial charge in [0.25, 0.3) is 0 Å². The number of morpholine rings is 1. The SMILES string of the molecule is CN1C2C=C(CCCOc3ccccc3)CC1COC2. The van der Waals surface area contributed by atoms with Crippen molar-refractivity contribution in [3.8, 4) is 5.75 Å². The molecule has 2 atom stereocenters. The molecule has 108 valence electrons. The highest BCUT2D eigenvalue weighted by molar-refractivity contribution is 5.21. The highest BCUT2D eigenvalue weighted by atomic mass is 16.5. The molecule has 2 bridgehead atoms. The minimum absolute atomic E-state index is 0.479. The summed E-state index contributed by atoms with van der Waals surface area (Å²) in [7, 11) is 2.21. The molecule has 20 heavy (non-hydrogen) atoms. The van der Waals surface area contributed by atoms with Crippen LogP contribution in [0.5, 0.6) is 5.75 Å². The molecule has 0 saturated carbocycles. The van der Waals surface area contributed by atoms with Gasteiger partial charge in [-0.1, -0.05) is 29.8 Å². The van der Waals surface area contributed by atoms with Gasteiger partial charge in [0.15, 0.2) is 0 Å². The maximum Gasteiger partial charge on any atom is 0.119 e. The van der Waals surface area contributed by atoms with Crippen LogP contribution in [0.25, 0.3) is 0 Å². The average molecular weight is 273 g/mol. The van der Waals surface area contributed by atoms with Crippen LogP contribution in [0.15, 0.2) is 42.0 Å². The molecule has 1 aromatic rings. The summed E-state index contributed by atoms with van der Waals surface area (Å²) < 4.78 is 11.4. The first-order chi connectivity index (χ1) is 9.83. The first-order valence-electron chi connectivity index (χ1n) is 7.50. The Balaban J connectivity index is 1.45. The van der Waals surface area contributed by atoms with Crippen LogP contribution in [0.2, 0.25) is 0 Å². The quantitative estimate of drug-likeness (QED) is 0.608. The first-order valence-corrected chi connectivity index (χ1v) is 7.50. The second kappa shape index (κ2) is 6.42. The third-order valence-corrected chi connectivity index (χ3v) is 4.28. The summed E-state index contributed by atoms with van der Waals surface area (Å²) in [5.41, 5.74) is 1.58. The Morgan fingerprint density at radius 3 is 2.90 bits per heavy atom. The number of nitrogens with zero attached hydrogens (tertiary/aromatic N) is 1. The van der Waals surface area contributed by atoms with Crippen LogP contribution >= 0.6 is 0 Å². The fourth-order valence-electron chi connectivity index (χ4n) is 3.03. The predicted molar refractivity (Wildman–Crippen MR) is 80.0 cm³/mol. The van der Waals surface area contributed by atoms with E-state index in [9.17, 15) is 0 Å². The second-order valence-electron chi connectivity index (χ2n) is 5.72. The van der Waals surface area contributed by atoms with Gasteiger partial charge >= 0.3 is 0 Å². The Morgan fingerprint density at radius 1 is 1.25 bits per heavy atom. The maximum atomic E-state index is 5.75. The number of rotatable bonds is 5. The number of hydrogen-bond acceptors (Lipinski definition) is 3. The Bertz CT molecular complexity index is 457. The summed E-state index contributed by atoms with van der Waals surface area (Å²) in [4.78, 5) is 2.45. The van der Waals surface area contributed by atoms with Gasteiger partial charge in [0.2, 0.25) is 0 Å². The van der Waals surface area contributed by atoms with Gasteiger partial charge in [-0.25, -0.2) is 0 Å². The van der Waals surface area contributed by atoms with E-state index in [1.54, 1.807) is 5.57 Å². The molecule has 0 spiro atoms. The fourth-order valence-corrected chi connectivity index (χ4v) is 3.03. The molecule has 2 aliphatic rings. The number of hydrogen-bond donors (Lipinski definition) is 0. The van der Waals surface area contributed by atoms with Crippen molar-refractivity contribution in [2.75, 3.05) is 26.9 Å². The van der Waals surface area contributed by atoms with Gasteiger partial charge in [0, 0.05) is 6.04 Å². The van der Waals surface area contributed by atoms with Gasteiger partial charge < -0.3 is 9.47 Å². The third kappa shape index (κ3) is 3.22. The van der Waals surface area contributed by atoms with E-state index in [0.717, 1.165) is 44.8 Å². The zero-order valence-corrected chi connectivity index (χ0v) is 12.1. The molecule has 1 saturated heterocycles. The van der Waals surface area contributed by atoms with Gasteiger partial charge in [0.1, 0.15) is 5.75 Å². The summed E-state index contributed by atoms with van der Waals surface area (Å²) in [5, 5.41) is 0. The normalized spacial score (nSPS) is 26.1. The molecule has 0 aromatic heterocycles.